The Morgan fingerprint density at radius 3 is 0.750 bits per heavy atom. The molecule has 0 aliphatic rings. The van der Waals surface area contributed by atoms with Gasteiger partial charge >= 0.3 is 44.9 Å². The van der Waals surface area contributed by atoms with Crippen molar-refractivity contribution in [1.82, 2.24) is 0 Å². The molecule has 0 heterocycles. The van der Waals surface area contributed by atoms with Crippen molar-refractivity contribution in [2.75, 3.05) is 0 Å². The van der Waals surface area contributed by atoms with E-state index in [-0.39, 0.29) is 80.8 Å². The fourth-order valence-corrected chi connectivity index (χ4v) is 0. The molecule has 0 spiro atoms. The van der Waals surface area contributed by atoms with Crippen molar-refractivity contribution < 1.29 is 27.3 Å². The molecule has 4 heteroatoms. The smallest absolute Gasteiger partial charge is 3.00 e. The van der Waals surface area contributed by atoms with Crippen molar-refractivity contribution in [3.63, 3.8) is 0 Å². The summed E-state index contributed by atoms with van der Waals surface area (Å²) in [6.45, 7) is 0. The van der Waals surface area contributed by atoms with Gasteiger partial charge in [-0.1, -0.05) is 0 Å². The summed E-state index contributed by atoms with van der Waals surface area (Å²) in [7, 11) is 0. The average Bonchev–Trinajstić information content (AvgIpc) is 0. The van der Waals surface area contributed by atoms with Crippen LogP contribution >= 0.6 is 0 Å². The second-order valence-corrected chi connectivity index (χ2v) is 0. The number of hydrogen-bond donors (Lipinski definition) is 0. The molecule has 0 aromatic carbocycles. The van der Waals surface area contributed by atoms with Crippen LogP contribution in [0.1, 0.15) is 0 Å². The van der Waals surface area contributed by atoms with Crippen LogP contribution in [0.5, 0.6) is 0 Å². The summed E-state index contributed by atoms with van der Waals surface area (Å²) < 4.78 is 0. The van der Waals surface area contributed by atoms with Gasteiger partial charge < -0.3 is 35.9 Å². The standard InChI is InChI=1S/2As.Cd.Ge/q2*-3;+2;+4. The molecule has 0 aliphatic carbocycles. The number of rotatable bonds is 0. The summed E-state index contributed by atoms with van der Waals surface area (Å²) in [5, 5.41) is 0. The predicted octanol–water partition coefficient (Wildman–Crippen LogP) is -1.14. The van der Waals surface area contributed by atoms with Crippen LogP contribution in [0.2, 0.25) is 0 Å². The topological polar surface area (TPSA) is 0 Å². The second kappa shape index (κ2) is 17.6. The van der Waals surface area contributed by atoms with Gasteiger partial charge in [0.05, 0.1) is 0 Å². The van der Waals surface area contributed by atoms with Crippen LogP contribution in [0.4, 0.5) is 0 Å². The molecule has 0 aromatic rings. The molecular formula is As2CdGe. The molecule has 0 saturated heterocycles. The monoisotopic (exact) mass is 338 g/mol. The van der Waals surface area contributed by atoms with Crippen molar-refractivity contribution in [2.24, 2.45) is 0 Å². The van der Waals surface area contributed by atoms with E-state index < -0.39 is 0 Å². The largest absolute Gasteiger partial charge is 4.00 e. The zero-order valence-corrected chi connectivity index (χ0v) is 12.0. The molecule has 0 rings (SSSR count). The maximum absolute atomic E-state index is 0. The third-order valence-corrected chi connectivity index (χ3v) is 0. The van der Waals surface area contributed by atoms with E-state index in [4.69, 9.17) is 0 Å². The SMILES string of the molecule is [As-3].[As-3].[Cd+2].[Ge+4]. The second-order valence-electron chi connectivity index (χ2n) is 0. The van der Waals surface area contributed by atoms with Crippen LogP contribution in [-0.4, -0.2) is 53.5 Å². The van der Waals surface area contributed by atoms with Crippen molar-refractivity contribution >= 4 is 53.5 Å². The van der Waals surface area contributed by atoms with Gasteiger partial charge in [-0.15, -0.1) is 0 Å². The predicted molar refractivity (Wildman–Crippen MR) is 17.3 cm³/mol. The Labute approximate surface area is 79.6 Å². The van der Waals surface area contributed by atoms with Crippen molar-refractivity contribution in [3.05, 3.63) is 0 Å². The summed E-state index contributed by atoms with van der Waals surface area (Å²) in [4.78, 5) is 0. The van der Waals surface area contributed by atoms with Gasteiger partial charge in [0.25, 0.3) is 0 Å². The van der Waals surface area contributed by atoms with Crippen molar-refractivity contribution in [1.29, 1.82) is 0 Å². The van der Waals surface area contributed by atoms with Crippen molar-refractivity contribution in [3.8, 4) is 0 Å². The van der Waals surface area contributed by atoms with Gasteiger partial charge in [0.1, 0.15) is 0 Å². The van der Waals surface area contributed by atoms with E-state index in [9.17, 15) is 0 Å². The maximum Gasteiger partial charge on any atom is 4.00 e. The summed E-state index contributed by atoms with van der Waals surface area (Å²) >= 11 is 0. The Hall–Kier alpha value is 2.58. The zero-order valence-electron chi connectivity index (χ0n) is 2.10. The van der Waals surface area contributed by atoms with Gasteiger partial charge in [0.15, 0.2) is 0 Å². The number of hydrogen-bond acceptors (Lipinski definition) is 0. The molecule has 0 nitrogen and oxygen atoms in total. The molecule has 0 aromatic heterocycles. The van der Waals surface area contributed by atoms with Gasteiger partial charge in [0, 0.05) is 0 Å². The third kappa shape index (κ3) is 8.82. The van der Waals surface area contributed by atoms with Crippen LogP contribution in [0.3, 0.4) is 0 Å². The Morgan fingerprint density at radius 1 is 0.750 bits per heavy atom. The van der Waals surface area contributed by atoms with E-state index in [0.717, 1.165) is 0 Å². The normalized spacial score (nSPS) is 0. The molecule has 0 unspecified atom stereocenters. The Morgan fingerprint density at radius 2 is 0.750 bits per heavy atom. The van der Waals surface area contributed by atoms with E-state index in [1.54, 1.807) is 0 Å². The van der Waals surface area contributed by atoms with E-state index in [1.807, 2.05) is 0 Å². The summed E-state index contributed by atoms with van der Waals surface area (Å²) in [6.07, 6.45) is 0. The molecule has 0 atom stereocenters. The molecule has 16 valence electrons. The molecule has 0 amide bonds. The summed E-state index contributed by atoms with van der Waals surface area (Å²) in [5.41, 5.74) is 0. The first kappa shape index (κ1) is 30.8. The summed E-state index contributed by atoms with van der Waals surface area (Å²) in [5.74, 6) is 0. The fourth-order valence-electron chi connectivity index (χ4n) is 0. The first-order chi connectivity index (χ1) is 0. The van der Waals surface area contributed by atoms with Gasteiger partial charge in [0.2, 0.25) is 0 Å². The molecule has 0 aliphatic heterocycles. The minimum absolute atomic E-state index is 0. The molecule has 0 saturated carbocycles. The minimum Gasteiger partial charge on any atom is -3.00 e. The Balaban J connectivity index is 0. The molecule has 0 N–H and O–H groups in total. The van der Waals surface area contributed by atoms with Crippen LogP contribution in [0.15, 0.2) is 0 Å². The first-order valence-electron chi connectivity index (χ1n) is 0. The molecular weight excluding hydrogens is 335 g/mol. The van der Waals surface area contributed by atoms with Gasteiger partial charge in [-0.2, -0.15) is 0 Å². The molecule has 0 fully saturated rings. The van der Waals surface area contributed by atoms with Gasteiger partial charge in [-0.25, -0.2) is 0 Å². The van der Waals surface area contributed by atoms with E-state index in [2.05, 4.69) is 0 Å². The van der Waals surface area contributed by atoms with E-state index in [0.29, 0.717) is 0 Å². The summed E-state index contributed by atoms with van der Waals surface area (Å²) in [6, 6.07) is 0. The van der Waals surface area contributed by atoms with E-state index in [1.165, 1.54) is 0 Å². The van der Waals surface area contributed by atoms with Gasteiger partial charge in [-0.3, -0.25) is 0 Å². The van der Waals surface area contributed by atoms with Crippen LogP contribution in [0, 0.1) is 0 Å². The zero-order chi connectivity index (χ0) is 0. The fraction of sp³-hybridized carbons (Fsp3) is 0. The quantitative estimate of drug-likeness (QED) is 0.491. The average molecular weight is 335 g/mol. The van der Waals surface area contributed by atoms with E-state index >= 15 is 0 Å². The van der Waals surface area contributed by atoms with Gasteiger partial charge in [-0.05, 0) is 0 Å². The Kier molecular flexibility index (Phi) is 135. The molecule has 0 bridgehead atoms. The minimum atomic E-state index is 0. The van der Waals surface area contributed by atoms with Crippen LogP contribution in [0.25, 0.3) is 0 Å². The first-order valence-corrected chi connectivity index (χ1v) is 0. The third-order valence-electron chi connectivity index (χ3n) is 0. The molecule has 0 radical (unpaired) electrons. The van der Waals surface area contributed by atoms with Crippen molar-refractivity contribution in [2.45, 2.75) is 0 Å². The molecule has 4 heavy (non-hydrogen) atoms. The maximum atomic E-state index is 0. The Bertz CT molecular complexity index is 6.00. The van der Waals surface area contributed by atoms with Crippen LogP contribution < -0.4 is 0 Å². The van der Waals surface area contributed by atoms with Crippen LogP contribution in [-0.2, 0) is 27.3 Å².